The van der Waals surface area contributed by atoms with Crippen LogP contribution in [0.2, 0.25) is 0 Å². The minimum atomic E-state index is -0.230. The summed E-state index contributed by atoms with van der Waals surface area (Å²) < 4.78 is 0. The van der Waals surface area contributed by atoms with Crippen molar-refractivity contribution in [3.05, 3.63) is 92.7 Å². The SMILES string of the molecule is CCc1ccc(C(=O)N2CCN(C(=O)[C@@H](C)N3CCc4sccc4[C@@H]3c3ccccc3C)CC2)cc1. The molecule has 36 heavy (non-hydrogen) atoms. The normalized spacial score (nSPS) is 19.1. The molecule has 2 aliphatic heterocycles. The molecule has 3 aromatic rings. The Morgan fingerprint density at radius 2 is 1.61 bits per heavy atom. The van der Waals surface area contributed by atoms with Gasteiger partial charge in [-0.15, -0.1) is 11.3 Å². The standard InChI is InChI=1S/C30H35N3O2S/c1-4-23-9-11-24(12-10-23)30(35)32-18-16-31(17-19-32)29(34)22(3)33-15-13-27-26(14-20-36-27)28(33)25-8-6-5-7-21(25)2/h5-12,14,20,22,28H,4,13,15-19H2,1-3H3/t22-,28+/m1/s1. The molecule has 2 aliphatic rings. The summed E-state index contributed by atoms with van der Waals surface area (Å²) in [5.41, 5.74) is 5.82. The Labute approximate surface area is 218 Å². The molecule has 0 aliphatic carbocycles. The monoisotopic (exact) mass is 501 g/mol. The Hall–Kier alpha value is -2.96. The molecule has 1 aromatic heterocycles. The van der Waals surface area contributed by atoms with Gasteiger partial charge in [-0.2, -0.15) is 0 Å². The number of carbonyl (C=O) groups is 2. The molecule has 3 heterocycles. The van der Waals surface area contributed by atoms with E-state index in [2.05, 4.69) is 61.4 Å². The van der Waals surface area contributed by atoms with E-state index < -0.39 is 0 Å². The fourth-order valence-corrected chi connectivity index (χ4v) is 6.50. The zero-order valence-electron chi connectivity index (χ0n) is 21.4. The van der Waals surface area contributed by atoms with Crippen molar-refractivity contribution in [3.8, 4) is 0 Å². The molecule has 2 amide bonds. The van der Waals surface area contributed by atoms with Gasteiger partial charge >= 0.3 is 0 Å². The second kappa shape index (κ2) is 10.6. The molecule has 0 spiro atoms. The number of thiophene rings is 1. The summed E-state index contributed by atoms with van der Waals surface area (Å²) in [5, 5.41) is 2.18. The predicted octanol–water partition coefficient (Wildman–Crippen LogP) is 4.94. The van der Waals surface area contributed by atoms with Crippen LogP contribution in [0.1, 0.15) is 57.4 Å². The van der Waals surface area contributed by atoms with E-state index in [4.69, 9.17) is 0 Å². The van der Waals surface area contributed by atoms with Crippen LogP contribution in [-0.2, 0) is 17.6 Å². The number of fused-ring (bicyclic) bond motifs is 1. The third kappa shape index (κ3) is 4.72. The zero-order chi connectivity index (χ0) is 25.2. The van der Waals surface area contributed by atoms with Crippen LogP contribution in [0.15, 0.2) is 60.0 Å². The molecule has 5 rings (SSSR count). The highest BCUT2D eigenvalue weighted by Gasteiger charge is 2.38. The molecule has 0 bridgehead atoms. The van der Waals surface area contributed by atoms with Crippen molar-refractivity contribution in [3.63, 3.8) is 0 Å². The molecule has 1 fully saturated rings. The number of nitrogens with zero attached hydrogens (tertiary/aromatic N) is 3. The van der Waals surface area contributed by atoms with Gasteiger partial charge in [0.2, 0.25) is 5.91 Å². The first kappa shape index (κ1) is 24.7. The predicted molar refractivity (Wildman–Crippen MR) is 146 cm³/mol. The number of benzene rings is 2. The van der Waals surface area contributed by atoms with Gasteiger partial charge in [-0.25, -0.2) is 0 Å². The second-order valence-electron chi connectivity index (χ2n) is 9.89. The summed E-state index contributed by atoms with van der Waals surface area (Å²) in [6, 6.07) is 18.5. The van der Waals surface area contributed by atoms with E-state index in [9.17, 15) is 9.59 Å². The van der Waals surface area contributed by atoms with E-state index in [0.717, 1.165) is 24.9 Å². The van der Waals surface area contributed by atoms with Crippen LogP contribution in [-0.4, -0.2) is 65.3 Å². The number of rotatable bonds is 5. The van der Waals surface area contributed by atoms with E-state index >= 15 is 0 Å². The van der Waals surface area contributed by atoms with Gasteiger partial charge in [0, 0.05) is 43.2 Å². The van der Waals surface area contributed by atoms with E-state index in [1.165, 1.54) is 27.1 Å². The molecule has 0 unspecified atom stereocenters. The maximum atomic E-state index is 13.7. The van der Waals surface area contributed by atoms with E-state index in [1.54, 1.807) is 0 Å². The van der Waals surface area contributed by atoms with Crippen molar-refractivity contribution in [2.75, 3.05) is 32.7 Å². The summed E-state index contributed by atoms with van der Waals surface area (Å²) in [6.45, 7) is 9.49. The lowest BCUT2D eigenvalue weighted by molar-refractivity contribution is -0.138. The lowest BCUT2D eigenvalue weighted by atomic mass is 9.89. The minimum absolute atomic E-state index is 0.0541. The van der Waals surface area contributed by atoms with Gasteiger partial charge in [0.05, 0.1) is 12.1 Å². The molecule has 6 heteroatoms. The van der Waals surface area contributed by atoms with Crippen molar-refractivity contribution in [1.82, 2.24) is 14.7 Å². The fraction of sp³-hybridized carbons (Fsp3) is 0.400. The Balaban J connectivity index is 1.28. The molecule has 0 radical (unpaired) electrons. The van der Waals surface area contributed by atoms with E-state index in [1.807, 2.05) is 45.4 Å². The average Bonchev–Trinajstić information content (AvgIpc) is 3.41. The van der Waals surface area contributed by atoms with E-state index in [-0.39, 0.29) is 23.9 Å². The highest BCUT2D eigenvalue weighted by Crippen LogP contribution is 2.40. The average molecular weight is 502 g/mol. The summed E-state index contributed by atoms with van der Waals surface area (Å²) in [5.74, 6) is 0.213. The molecule has 188 valence electrons. The number of aryl methyl sites for hydroxylation is 2. The van der Waals surface area contributed by atoms with Gasteiger partial charge in [-0.1, -0.05) is 43.3 Å². The van der Waals surface area contributed by atoms with Crippen LogP contribution < -0.4 is 0 Å². The first-order chi connectivity index (χ1) is 17.5. The molecular weight excluding hydrogens is 466 g/mol. The van der Waals surface area contributed by atoms with Crippen molar-refractivity contribution < 1.29 is 9.59 Å². The molecule has 0 N–H and O–H groups in total. The smallest absolute Gasteiger partial charge is 0.253 e. The molecular formula is C30H35N3O2S. The molecule has 2 aromatic carbocycles. The van der Waals surface area contributed by atoms with Gasteiger partial charge in [0.15, 0.2) is 0 Å². The van der Waals surface area contributed by atoms with Crippen LogP contribution in [0, 0.1) is 6.92 Å². The third-order valence-electron chi connectivity index (χ3n) is 7.83. The molecule has 2 atom stereocenters. The number of amides is 2. The Kier molecular flexibility index (Phi) is 7.26. The maximum absolute atomic E-state index is 13.7. The van der Waals surface area contributed by atoms with Crippen molar-refractivity contribution in [2.24, 2.45) is 0 Å². The lowest BCUT2D eigenvalue weighted by Crippen LogP contribution is -2.56. The van der Waals surface area contributed by atoms with Crippen molar-refractivity contribution >= 4 is 23.2 Å². The number of piperazine rings is 1. The summed E-state index contributed by atoms with van der Waals surface area (Å²) >= 11 is 1.82. The van der Waals surface area contributed by atoms with Gasteiger partial charge < -0.3 is 9.80 Å². The third-order valence-corrected chi connectivity index (χ3v) is 8.83. The van der Waals surface area contributed by atoms with Crippen LogP contribution >= 0.6 is 11.3 Å². The van der Waals surface area contributed by atoms with Gasteiger partial charge in [0.1, 0.15) is 0 Å². The second-order valence-corrected chi connectivity index (χ2v) is 10.9. The molecule has 5 nitrogen and oxygen atoms in total. The Morgan fingerprint density at radius 3 is 2.31 bits per heavy atom. The minimum Gasteiger partial charge on any atom is -0.338 e. The quantitative estimate of drug-likeness (QED) is 0.498. The lowest BCUT2D eigenvalue weighted by Gasteiger charge is -2.43. The maximum Gasteiger partial charge on any atom is 0.253 e. The van der Waals surface area contributed by atoms with Crippen LogP contribution in [0.25, 0.3) is 0 Å². The van der Waals surface area contributed by atoms with Gasteiger partial charge in [-0.05, 0) is 72.5 Å². The Morgan fingerprint density at radius 1 is 0.917 bits per heavy atom. The zero-order valence-corrected chi connectivity index (χ0v) is 22.3. The first-order valence-electron chi connectivity index (χ1n) is 13.0. The van der Waals surface area contributed by atoms with Crippen molar-refractivity contribution in [1.29, 1.82) is 0 Å². The summed E-state index contributed by atoms with van der Waals surface area (Å²) in [4.78, 5) is 34.3. The molecule has 1 saturated heterocycles. The summed E-state index contributed by atoms with van der Waals surface area (Å²) in [7, 11) is 0. The first-order valence-corrected chi connectivity index (χ1v) is 13.9. The highest BCUT2D eigenvalue weighted by atomic mass is 32.1. The number of hydrogen-bond donors (Lipinski definition) is 0. The van der Waals surface area contributed by atoms with Crippen molar-refractivity contribution in [2.45, 2.75) is 45.7 Å². The highest BCUT2D eigenvalue weighted by molar-refractivity contribution is 7.10. The molecule has 0 saturated carbocycles. The van der Waals surface area contributed by atoms with Gasteiger partial charge in [0.25, 0.3) is 5.91 Å². The van der Waals surface area contributed by atoms with E-state index in [0.29, 0.717) is 26.2 Å². The van der Waals surface area contributed by atoms with Crippen LogP contribution in [0.4, 0.5) is 0 Å². The topological polar surface area (TPSA) is 43.9 Å². The number of hydrogen-bond acceptors (Lipinski definition) is 4. The van der Waals surface area contributed by atoms with Crippen LogP contribution in [0.5, 0.6) is 0 Å². The number of carbonyl (C=O) groups excluding carboxylic acids is 2. The summed E-state index contributed by atoms with van der Waals surface area (Å²) in [6.07, 6.45) is 1.94. The largest absolute Gasteiger partial charge is 0.338 e. The van der Waals surface area contributed by atoms with Crippen LogP contribution in [0.3, 0.4) is 0 Å². The fourth-order valence-electron chi connectivity index (χ4n) is 5.59. The van der Waals surface area contributed by atoms with Gasteiger partial charge in [-0.3, -0.25) is 14.5 Å². The Bertz CT molecular complexity index is 1230.